The Balaban J connectivity index is 2.43. The molecular formula is C17H20N2O5S. The van der Waals surface area contributed by atoms with Crippen LogP contribution in [0.25, 0.3) is 0 Å². The molecule has 0 aliphatic heterocycles. The Hall–Kier alpha value is -2.61. The molecule has 0 bridgehead atoms. The van der Waals surface area contributed by atoms with Gasteiger partial charge in [0.15, 0.2) is 11.5 Å². The number of thiophene rings is 1. The maximum absolute atomic E-state index is 12.9. The van der Waals surface area contributed by atoms with E-state index >= 15 is 0 Å². The third kappa shape index (κ3) is 4.27. The maximum atomic E-state index is 12.9. The van der Waals surface area contributed by atoms with Gasteiger partial charge >= 0.3 is 0 Å². The van der Waals surface area contributed by atoms with Crippen molar-refractivity contribution in [3.05, 3.63) is 50.2 Å². The highest BCUT2D eigenvalue weighted by atomic mass is 32.1. The molecule has 0 saturated heterocycles. The molecule has 0 unspecified atom stereocenters. The first-order valence-corrected chi connectivity index (χ1v) is 8.70. The Labute approximate surface area is 149 Å². The van der Waals surface area contributed by atoms with Crippen LogP contribution in [0.1, 0.15) is 29.1 Å². The minimum Gasteiger partial charge on any atom is -0.493 e. The largest absolute Gasteiger partial charge is 0.493 e. The number of nitrogens with zero attached hydrogens (tertiary/aromatic N) is 2. The number of hydrogen-bond acceptors (Lipinski definition) is 6. The highest BCUT2D eigenvalue weighted by Gasteiger charge is 2.27. The molecule has 0 aliphatic carbocycles. The van der Waals surface area contributed by atoms with Crippen molar-refractivity contribution in [3.63, 3.8) is 0 Å². The molecule has 0 saturated carbocycles. The molecule has 134 valence electrons. The van der Waals surface area contributed by atoms with Crippen molar-refractivity contribution in [3.8, 4) is 11.5 Å². The first-order valence-electron chi connectivity index (χ1n) is 7.82. The van der Waals surface area contributed by atoms with E-state index in [1.165, 1.54) is 30.6 Å². The second kappa shape index (κ2) is 8.48. The first-order chi connectivity index (χ1) is 12.0. The molecule has 1 aromatic carbocycles. The minimum atomic E-state index is -0.575. The topological polar surface area (TPSA) is 81.9 Å². The van der Waals surface area contributed by atoms with Crippen LogP contribution in [-0.2, 0) is 6.54 Å². The summed E-state index contributed by atoms with van der Waals surface area (Å²) in [5, 5.41) is 13.4. The Morgan fingerprint density at radius 3 is 2.60 bits per heavy atom. The monoisotopic (exact) mass is 364 g/mol. The number of methoxy groups -OCH3 is 1. The van der Waals surface area contributed by atoms with Crippen LogP contribution in [0.5, 0.6) is 11.5 Å². The molecule has 0 radical (unpaired) electrons. The average molecular weight is 364 g/mol. The molecule has 2 aromatic rings. The molecule has 1 heterocycles. The van der Waals surface area contributed by atoms with Crippen molar-refractivity contribution in [1.82, 2.24) is 4.90 Å². The van der Waals surface area contributed by atoms with Crippen LogP contribution >= 0.6 is 11.3 Å². The van der Waals surface area contributed by atoms with Crippen LogP contribution in [0.15, 0.2) is 29.6 Å². The van der Waals surface area contributed by atoms with E-state index in [0.717, 1.165) is 4.88 Å². The van der Waals surface area contributed by atoms with E-state index < -0.39 is 10.8 Å². The quantitative estimate of drug-likeness (QED) is 0.526. The van der Waals surface area contributed by atoms with Crippen molar-refractivity contribution in [2.75, 3.05) is 20.3 Å². The number of carbonyl (C=O) groups is 1. The van der Waals surface area contributed by atoms with Crippen LogP contribution < -0.4 is 9.47 Å². The fraction of sp³-hybridized carbons (Fsp3) is 0.353. The van der Waals surface area contributed by atoms with Crippen molar-refractivity contribution in [2.45, 2.75) is 20.4 Å². The van der Waals surface area contributed by atoms with Gasteiger partial charge in [0.05, 0.1) is 31.3 Å². The zero-order chi connectivity index (χ0) is 18.4. The fourth-order valence-electron chi connectivity index (χ4n) is 2.39. The number of hydrogen-bond donors (Lipinski definition) is 0. The van der Waals surface area contributed by atoms with E-state index in [1.54, 1.807) is 11.8 Å². The molecule has 1 aromatic heterocycles. The zero-order valence-corrected chi connectivity index (χ0v) is 15.2. The van der Waals surface area contributed by atoms with Crippen LogP contribution in [0.3, 0.4) is 0 Å². The van der Waals surface area contributed by atoms with E-state index in [9.17, 15) is 14.9 Å². The van der Waals surface area contributed by atoms with E-state index in [4.69, 9.17) is 9.47 Å². The Bertz CT molecular complexity index is 746. The van der Waals surface area contributed by atoms with Gasteiger partial charge < -0.3 is 14.4 Å². The third-order valence-corrected chi connectivity index (χ3v) is 4.47. The van der Waals surface area contributed by atoms with Gasteiger partial charge in [0, 0.05) is 17.5 Å². The van der Waals surface area contributed by atoms with Crippen molar-refractivity contribution >= 4 is 22.9 Å². The summed E-state index contributed by atoms with van der Waals surface area (Å²) in [5.41, 5.74) is -0.303. The van der Waals surface area contributed by atoms with Gasteiger partial charge in [-0.3, -0.25) is 14.9 Å². The Morgan fingerprint density at radius 2 is 2.08 bits per heavy atom. The van der Waals surface area contributed by atoms with Crippen LogP contribution in [-0.4, -0.2) is 36.0 Å². The summed E-state index contributed by atoms with van der Waals surface area (Å²) in [7, 11) is 1.43. The molecule has 2 rings (SSSR count). The van der Waals surface area contributed by atoms with Gasteiger partial charge in [-0.15, -0.1) is 11.3 Å². The van der Waals surface area contributed by atoms with Crippen LogP contribution in [0, 0.1) is 10.1 Å². The van der Waals surface area contributed by atoms with Crippen molar-refractivity contribution in [1.29, 1.82) is 0 Å². The smallest absolute Gasteiger partial charge is 0.286 e. The van der Waals surface area contributed by atoms with Gasteiger partial charge in [-0.1, -0.05) is 6.07 Å². The van der Waals surface area contributed by atoms with Gasteiger partial charge in [-0.2, -0.15) is 0 Å². The third-order valence-electron chi connectivity index (χ3n) is 3.60. The van der Waals surface area contributed by atoms with Crippen molar-refractivity contribution in [2.24, 2.45) is 0 Å². The molecule has 0 atom stereocenters. The van der Waals surface area contributed by atoms with E-state index in [2.05, 4.69) is 0 Å². The molecule has 1 amide bonds. The molecular weight excluding hydrogens is 344 g/mol. The summed E-state index contributed by atoms with van der Waals surface area (Å²) >= 11 is 1.53. The molecule has 7 nitrogen and oxygen atoms in total. The highest BCUT2D eigenvalue weighted by Crippen LogP contribution is 2.35. The number of amides is 1. The number of nitro groups is 1. The number of nitro benzene ring substituents is 1. The lowest BCUT2D eigenvalue weighted by Crippen LogP contribution is -2.30. The standard InChI is InChI=1S/C17H20N2O5S/c1-4-18(11-12-7-6-8-25-12)17(20)13-9-15(23-3)16(24-5-2)10-14(13)19(21)22/h6-10H,4-5,11H2,1-3H3. The second-order valence-corrected chi connectivity index (χ2v) is 6.14. The van der Waals surface area contributed by atoms with E-state index in [0.29, 0.717) is 25.4 Å². The summed E-state index contributed by atoms with van der Waals surface area (Å²) in [6.45, 7) is 4.77. The Morgan fingerprint density at radius 1 is 1.32 bits per heavy atom. The molecule has 0 spiro atoms. The lowest BCUT2D eigenvalue weighted by molar-refractivity contribution is -0.385. The lowest BCUT2D eigenvalue weighted by Gasteiger charge is -2.21. The van der Waals surface area contributed by atoms with Gasteiger partial charge in [0.25, 0.3) is 11.6 Å². The van der Waals surface area contributed by atoms with Crippen molar-refractivity contribution < 1.29 is 19.2 Å². The normalized spacial score (nSPS) is 10.4. The zero-order valence-electron chi connectivity index (χ0n) is 14.4. The predicted molar refractivity (Wildman–Crippen MR) is 95.6 cm³/mol. The highest BCUT2D eigenvalue weighted by molar-refractivity contribution is 7.09. The van der Waals surface area contributed by atoms with Crippen LogP contribution in [0.4, 0.5) is 5.69 Å². The maximum Gasteiger partial charge on any atom is 0.286 e. The molecule has 8 heteroatoms. The molecule has 25 heavy (non-hydrogen) atoms. The van der Waals surface area contributed by atoms with E-state index in [1.807, 2.05) is 24.4 Å². The Kier molecular flexibility index (Phi) is 6.35. The van der Waals surface area contributed by atoms with Gasteiger partial charge in [-0.25, -0.2) is 0 Å². The molecule has 0 N–H and O–H groups in total. The second-order valence-electron chi connectivity index (χ2n) is 5.11. The summed E-state index contributed by atoms with van der Waals surface area (Å²) < 4.78 is 10.6. The van der Waals surface area contributed by atoms with Gasteiger partial charge in [0.2, 0.25) is 0 Å². The number of rotatable bonds is 8. The van der Waals surface area contributed by atoms with Crippen LogP contribution in [0.2, 0.25) is 0 Å². The predicted octanol–water partition coefficient (Wildman–Crippen LogP) is 3.73. The lowest BCUT2D eigenvalue weighted by atomic mass is 10.1. The first kappa shape index (κ1) is 18.7. The SMILES string of the molecule is CCOc1cc([N+](=O)[O-])c(C(=O)N(CC)Cc2cccs2)cc1OC. The molecule has 0 aliphatic rings. The summed E-state index contributed by atoms with van der Waals surface area (Å²) in [5.74, 6) is 0.126. The van der Waals surface area contributed by atoms with Gasteiger partial charge in [-0.05, 0) is 25.3 Å². The summed E-state index contributed by atoms with van der Waals surface area (Å²) in [4.78, 5) is 26.3. The average Bonchev–Trinajstić information content (AvgIpc) is 3.12. The van der Waals surface area contributed by atoms with Gasteiger partial charge in [0.1, 0.15) is 5.56 Å². The number of carbonyl (C=O) groups excluding carboxylic acids is 1. The number of ether oxygens (including phenoxy) is 2. The minimum absolute atomic E-state index is 0.0105. The summed E-state index contributed by atoms with van der Waals surface area (Å²) in [6, 6.07) is 6.45. The number of benzene rings is 1. The fourth-order valence-corrected chi connectivity index (χ4v) is 3.11. The molecule has 0 fully saturated rings. The van der Waals surface area contributed by atoms with E-state index in [-0.39, 0.29) is 17.0 Å². The summed E-state index contributed by atoms with van der Waals surface area (Å²) in [6.07, 6.45) is 0.